The van der Waals surface area contributed by atoms with E-state index in [9.17, 15) is 5.11 Å². The van der Waals surface area contributed by atoms with Gasteiger partial charge in [0.1, 0.15) is 5.75 Å². The molecular formula is C19H27N3O3. The number of likely N-dealkylation sites (tertiary alicyclic amines) is 1. The van der Waals surface area contributed by atoms with Crippen molar-refractivity contribution in [2.24, 2.45) is 7.05 Å². The summed E-state index contributed by atoms with van der Waals surface area (Å²) in [6.07, 6.45) is 5.74. The van der Waals surface area contributed by atoms with Gasteiger partial charge in [-0.25, -0.2) is 0 Å². The minimum Gasteiger partial charge on any atom is -0.496 e. The first-order valence-electron chi connectivity index (χ1n) is 8.77. The van der Waals surface area contributed by atoms with Crippen LogP contribution in [0.3, 0.4) is 0 Å². The summed E-state index contributed by atoms with van der Waals surface area (Å²) in [6, 6.07) is 8.13. The van der Waals surface area contributed by atoms with E-state index in [4.69, 9.17) is 9.47 Å². The molecule has 0 radical (unpaired) electrons. The van der Waals surface area contributed by atoms with Crippen LogP contribution in [0.5, 0.6) is 5.75 Å². The number of benzene rings is 1. The molecule has 0 aliphatic carbocycles. The lowest BCUT2D eigenvalue weighted by Crippen LogP contribution is -2.34. The number of aromatic nitrogens is 2. The Kier molecular flexibility index (Phi) is 6.07. The highest BCUT2D eigenvalue weighted by Crippen LogP contribution is 2.31. The summed E-state index contributed by atoms with van der Waals surface area (Å²) in [7, 11) is 3.59. The monoisotopic (exact) mass is 345 g/mol. The molecule has 6 heteroatoms. The molecule has 1 aromatic heterocycles. The van der Waals surface area contributed by atoms with Crippen molar-refractivity contribution in [1.82, 2.24) is 14.7 Å². The lowest BCUT2D eigenvalue weighted by atomic mass is 10.1. The molecular weight excluding hydrogens is 318 g/mol. The van der Waals surface area contributed by atoms with E-state index < -0.39 is 6.10 Å². The molecule has 2 aromatic rings. The summed E-state index contributed by atoms with van der Waals surface area (Å²) in [6.45, 7) is 2.37. The van der Waals surface area contributed by atoms with Gasteiger partial charge in [-0.15, -0.1) is 0 Å². The lowest BCUT2D eigenvalue weighted by molar-refractivity contribution is 0.00724. The maximum Gasteiger partial charge on any atom is 0.124 e. The summed E-state index contributed by atoms with van der Waals surface area (Å²) in [5.41, 5.74) is 2.22. The van der Waals surface area contributed by atoms with Gasteiger partial charge < -0.3 is 14.6 Å². The molecule has 1 aliphatic heterocycles. The predicted molar refractivity (Wildman–Crippen MR) is 95.4 cm³/mol. The first-order chi connectivity index (χ1) is 12.2. The van der Waals surface area contributed by atoms with Crippen molar-refractivity contribution in [3.8, 4) is 5.75 Å². The van der Waals surface area contributed by atoms with Crippen molar-refractivity contribution in [3.63, 3.8) is 0 Å². The maximum atomic E-state index is 10.4. The van der Waals surface area contributed by atoms with Crippen LogP contribution in [0.1, 0.15) is 30.0 Å². The van der Waals surface area contributed by atoms with Crippen LogP contribution in [0.25, 0.3) is 0 Å². The van der Waals surface area contributed by atoms with Crippen LogP contribution in [-0.4, -0.2) is 52.7 Å². The fraction of sp³-hybridized carbons (Fsp3) is 0.526. The number of aliphatic hydroxyl groups excluding tert-OH is 1. The minimum absolute atomic E-state index is 0.314. The number of β-amino-alcohol motifs (C(OH)–C–C–N with tert-alkyl or cyclic N) is 1. The second-order valence-corrected chi connectivity index (χ2v) is 6.58. The number of aryl methyl sites for hydroxylation is 1. The molecule has 1 aromatic carbocycles. The normalized spacial score (nSPS) is 19.2. The van der Waals surface area contributed by atoms with Gasteiger partial charge in [-0.05, 0) is 25.5 Å². The Bertz CT molecular complexity index is 673. The van der Waals surface area contributed by atoms with E-state index in [0.29, 0.717) is 25.8 Å². The number of ether oxygens (including phenoxy) is 2. The third kappa shape index (κ3) is 4.60. The number of nitrogens with zero attached hydrogens (tertiary/aromatic N) is 3. The van der Waals surface area contributed by atoms with Gasteiger partial charge in [0.25, 0.3) is 0 Å². The average molecular weight is 345 g/mol. The van der Waals surface area contributed by atoms with Crippen LogP contribution in [0.4, 0.5) is 0 Å². The molecule has 2 atom stereocenters. The lowest BCUT2D eigenvalue weighted by Gasteiger charge is -2.26. The van der Waals surface area contributed by atoms with Crippen LogP contribution in [0.15, 0.2) is 36.7 Å². The van der Waals surface area contributed by atoms with Gasteiger partial charge >= 0.3 is 0 Å². The standard InChI is InChI=1S/C19H27N3O3/c1-21-11-16(10-20-21)18-7-5-9-22(18)12-17(23)14-25-13-15-6-3-4-8-19(15)24-2/h3-4,6,8,10-11,17-18,23H,5,7,9,12-14H2,1-2H3/t17-,18-/m0/s1. The Balaban J connectivity index is 1.48. The van der Waals surface area contributed by atoms with Crippen molar-refractivity contribution in [3.05, 3.63) is 47.8 Å². The average Bonchev–Trinajstić information content (AvgIpc) is 3.24. The molecule has 1 saturated heterocycles. The van der Waals surface area contributed by atoms with Crippen molar-refractivity contribution >= 4 is 0 Å². The molecule has 0 unspecified atom stereocenters. The predicted octanol–water partition coefficient (Wildman–Crippen LogP) is 2.14. The van der Waals surface area contributed by atoms with E-state index in [2.05, 4.69) is 16.2 Å². The van der Waals surface area contributed by atoms with Crippen molar-refractivity contribution in [2.45, 2.75) is 31.6 Å². The SMILES string of the molecule is COc1ccccc1COC[C@@H](O)CN1CCC[C@H]1c1cnn(C)c1. The van der Waals surface area contributed by atoms with Gasteiger partial charge in [0.2, 0.25) is 0 Å². The Morgan fingerprint density at radius 1 is 1.36 bits per heavy atom. The first kappa shape index (κ1) is 17.9. The van der Waals surface area contributed by atoms with Crippen LogP contribution >= 0.6 is 0 Å². The fourth-order valence-corrected chi connectivity index (χ4v) is 3.48. The summed E-state index contributed by atoms with van der Waals surface area (Å²) < 4.78 is 12.9. The van der Waals surface area contributed by atoms with E-state index in [1.807, 2.05) is 42.2 Å². The molecule has 0 amide bonds. The molecule has 136 valence electrons. The van der Waals surface area contributed by atoms with E-state index in [1.54, 1.807) is 7.11 Å². The van der Waals surface area contributed by atoms with Crippen LogP contribution < -0.4 is 4.74 Å². The molecule has 1 fully saturated rings. The second kappa shape index (κ2) is 8.47. The van der Waals surface area contributed by atoms with Crippen LogP contribution in [-0.2, 0) is 18.4 Å². The Morgan fingerprint density at radius 2 is 2.20 bits per heavy atom. The Hall–Kier alpha value is -1.89. The van der Waals surface area contributed by atoms with E-state index >= 15 is 0 Å². The second-order valence-electron chi connectivity index (χ2n) is 6.58. The van der Waals surface area contributed by atoms with E-state index in [-0.39, 0.29) is 0 Å². The zero-order valence-electron chi connectivity index (χ0n) is 15.0. The Morgan fingerprint density at radius 3 is 2.96 bits per heavy atom. The molecule has 0 saturated carbocycles. The fourth-order valence-electron chi connectivity index (χ4n) is 3.48. The summed E-state index contributed by atoms with van der Waals surface area (Å²) in [5.74, 6) is 0.813. The highest BCUT2D eigenvalue weighted by molar-refractivity contribution is 5.32. The number of rotatable bonds is 8. The number of hydrogen-bond acceptors (Lipinski definition) is 5. The zero-order chi connectivity index (χ0) is 17.6. The number of methoxy groups -OCH3 is 1. The largest absolute Gasteiger partial charge is 0.496 e. The number of aliphatic hydroxyl groups is 1. The third-order valence-electron chi connectivity index (χ3n) is 4.68. The van der Waals surface area contributed by atoms with Crippen molar-refractivity contribution < 1.29 is 14.6 Å². The molecule has 1 aliphatic rings. The smallest absolute Gasteiger partial charge is 0.124 e. The van der Waals surface area contributed by atoms with Crippen molar-refractivity contribution in [1.29, 1.82) is 0 Å². The molecule has 0 spiro atoms. The van der Waals surface area contributed by atoms with Gasteiger partial charge in [-0.1, -0.05) is 18.2 Å². The number of para-hydroxylation sites is 1. The Labute approximate surface area is 149 Å². The zero-order valence-corrected chi connectivity index (χ0v) is 15.0. The minimum atomic E-state index is -0.507. The van der Waals surface area contributed by atoms with E-state index in [0.717, 1.165) is 30.7 Å². The van der Waals surface area contributed by atoms with Gasteiger partial charge in [-0.3, -0.25) is 9.58 Å². The first-order valence-corrected chi connectivity index (χ1v) is 8.77. The van der Waals surface area contributed by atoms with Crippen molar-refractivity contribution in [2.75, 3.05) is 26.8 Å². The maximum absolute atomic E-state index is 10.4. The third-order valence-corrected chi connectivity index (χ3v) is 4.68. The highest BCUT2D eigenvalue weighted by atomic mass is 16.5. The molecule has 25 heavy (non-hydrogen) atoms. The quantitative estimate of drug-likeness (QED) is 0.794. The van der Waals surface area contributed by atoms with E-state index in [1.165, 1.54) is 5.56 Å². The van der Waals surface area contributed by atoms with Gasteiger partial charge in [-0.2, -0.15) is 5.10 Å². The molecule has 0 bridgehead atoms. The summed E-state index contributed by atoms with van der Waals surface area (Å²) in [5, 5.41) is 14.6. The molecule has 1 N–H and O–H groups in total. The summed E-state index contributed by atoms with van der Waals surface area (Å²) in [4.78, 5) is 2.33. The van der Waals surface area contributed by atoms with Gasteiger partial charge in [0, 0.05) is 37.0 Å². The summed E-state index contributed by atoms with van der Waals surface area (Å²) >= 11 is 0. The van der Waals surface area contributed by atoms with Crippen LogP contribution in [0.2, 0.25) is 0 Å². The number of hydrogen-bond donors (Lipinski definition) is 1. The highest BCUT2D eigenvalue weighted by Gasteiger charge is 2.28. The van der Waals surface area contributed by atoms with Gasteiger partial charge in [0.05, 0.1) is 32.6 Å². The molecule has 2 heterocycles. The van der Waals surface area contributed by atoms with Crippen LogP contribution in [0, 0.1) is 0 Å². The molecule has 3 rings (SSSR count). The molecule has 6 nitrogen and oxygen atoms in total. The topological polar surface area (TPSA) is 59.8 Å². The van der Waals surface area contributed by atoms with Gasteiger partial charge in [0.15, 0.2) is 0 Å².